The average molecular weight is 400 g/mol. The molecular formula is C20H37N3O3S. The minimum atomic E-state index is -2.84. The Hall–Kier alpha value is -0.820. The molecular weight excluding hydrogens is 362 g/mol. The molecule has 27 heavy (non-hydrogen) atoms. The first-order valence-electron chi connectivity index (χ1n) is 10.8. The molecule has 0 aromatic heterocycles. The van der Waals surface area contributed by atoms with Gasteiger partial charge in [-0.15, -0.1) is 0 Å². The highest BCUT2D eigenvalue weighted by Gasteiger charge is 2.28. The molecule has 3 fully saturated rings. The van der Waals surface area contributed by atoms with Crippen molar-refractivity contribution in [1.29, 1.82) is 0 Å². The maximum atomic E-state index is 11.7. The fraction of sp³-hybridized carbons (Fsp3) is 0.950. The second kappa shape index (κ2) is 9.59. The van der Waals surface area contributed by atoms with Gasteiger partial charge in [0.2, 0.25) is 0 Å². The molecule has 4 atom stereocenters. The largest absolute Gasteiger partial charge is 0.376 e. The molecule has 0 aromatic carbocycles. The third-order valence-electron chi connectivity index (χ3n) is 6.12. The molecule has 2 heterocycles. The molecule has 2 aliphatic heterocycles. The molecule has 0 amide bonds. The van der Waals surface area contributed by atoms with Crippen molar-refractivity contribution in [2.75, 3.05) is 31.2 Å². The van der Waals surface area contributed by atoms with E-state index in [9.17, 15) is 8.42 Å². The van der Waals surface area contributed by atoms with E-state index in [0.29, 0.717) is 18.3 Å². The van der Waals surface area contributed by atoms with Crippen LogP contribution in [0.2, 0.25) is 0 Å². The first kappa shape index (κ1) is 20.9. The smallest absolute Gasteiger partial charge is 0.191 e. The molecule has 0 radical (unpaired) electrons. The van der Waals surface area contributed by atoms with Crippen molar-refractivity contribution >= 4 is 15.8 Å². The van der Waals surface area contributed by atoms with Gasteiger partial charge in [0.15, 0.2) is 15.8 Å². The lowest BCUT2D eigenvalue weighted by Crippen LogP contribution is -2.48. The molecule has 2 saturated heterocycles. The summed E-state index contributed by atoms with van der Waals surface area (Å²) >= 11 is 0. The number of aliphatic imine (C=N–C) groups is 1. The minimum absolute atomic E-state index is 0.156. The molecule has 156 valence electrons. The van der Waals surface area contributed by atoms with E-state index in [1.807, 2.05) is 0 Å². The number of ether oxygens (including phenoxy) is 1. The van der Waals surface area contributed by atoms with Crippen molar-refractivity contribution in [2.24, 2.45) is 22.7 Å². The monoisotopic (exact) mass is 399 g/mol. The number of sulfone groups is 1. The summed E-state index contributed by atoms with van der Waals surface area (Å²) in [5.74, 6) is 3.05. The summed E-state index contributed by atoms with van der Waals surface area (Å²) in [5.41, 5.74) is 0. The molecule has 1 saturated carbocycles. The van der Waals surface area contributed by atoms with Gasteiger partial charge in [-0.2, -0.15) is 0 Å². The molecule has 4 unspecified atom stereocenters. The highest BCUT2D eigenvalue weighted by Crippen LogP contribution is 2.28. The number of hydrogen-bond acceptors (Lipinski definition) is 4. The van der Waals surface area contributed by atoms with E-state index in [2.05, 4.69) is 24.5 Å². The Morgan fingerprint density at radius 3 is 2.52 bits per heavy atom. The van der Waals surface area contributed by atoms with Crippen LogP contribution in [0.25, 0.3) is 0 Å². The molecule has 7 heteroatoms. The first-order chi connectivity index (χ1) is 12.9. The van der Waals surface area contributed by atoms with E-state index in [1.54, 1.807) is 0 Å². The van der Waals surface area contributed by atoms with E-state index in [-0.39, 0.29) is 17.8 Å². The molecule has 6 nitrogen and oxygen atoms in total. The molecule has 3 aliphatic rings. The van der Waals surface area contributed by atoms with Gasteiger partial charge in [0.05, 0.1) is 17.6 Å². The van der Waals surface area contributed by atoms with Gasteiger partial charge in [0.1, 0.15) is 0 Å². The van der Waals surface area contributed by atoms with Crippen molar-refractivity contribution in [2.45, 2.75) is 70.9 Å². The van der Waals surface area contributed by atoms with Gasteiger partial charge in [0.25, 0.3) is 0 Å². The quantitative estimate of drug-likeness (QED) is 0.548. The fourth-order valence-electron chi connectivity index (χ4n) is 4.83. The lowest BCUT2D eigenvalue weighted by Gasteiger charge is -2.33. The summed E-state index contributed by atoms with van der Waals surface area (Å²) < 4.78 is 29.3. The standard InChI is InChI=1S/C20H37N3O3S/c1-15-9-16(2)11-18(10-15)23-20(22-13-19-5-3-4-7-26-19)21-12-17-6-8-27(24,25)14-17/h15-19H,3-14H2,1-2H3,(H2,21,22,23). The third-order valence-corrected chi connectivity index (χ3v) is 7.96. The molecule has 0 bridgehead atoms. The van der Waals surface area contributed by atoms with Crippen LogP contribution < -0.4 is 10.6 Å². The number of nitrogens with zero attached hydrogens (tertiary/aromatic N) is 1. The Morgan fingerprint density at radius 2 is 1.89 bits per heavy atom. The molecule has 0 spiro atoms. The summed E-state index contributed by atoms with van der Waals surface area (Å²) in [4.78, 5) is 4.77. The summed E-state index contributed by atoms with van der Waals surface area (Å²) in [6, 6.07) is 0.439. The Kier molecular flexibility index (Phi) is 7.42. The topological polar surface area (TPSA) is 79.8 Å². The number of hydrogen-bond donors (Lipinski definition) is 2. The van der Waals surface area contributed by atoms with Gasteiger partial charge in [-0.1, -0.05) is 13.8 Å². The van der Waals surface area contributed by atoms with Crippen LogP contribution in [0.5, 0.6) is 0 Å². The van der Waals surface area contributed by atoms with Crippen molar-refractivity contribution in [1.82, 2.24) is 10.6 Å². The van der Waals surface area contributed by atoms with Gasteiger partial charge >= 0.3 is 0 Å². The lowest BCUT2D eigenvalue weighted by molar-refractivity contribution is 0.0194. The summed E-state index contributed by atoms with van der Waals surface area (Å²) in [6.07, 6.45) is 8.11. The maximum absolute atomic E-state index is 11.7. The number of guanidine groups is 1. The molecule has 3 rings (SSSR count). The normalized spacial score (nSPS) is 37.1. The van der Waals surface area contributed by atoms with Crippen molar-refractivity contribution in [3.63, 3.8) is 0 Å². The molecule has 1 aliphatic carbocycles. The van der Waals surface area contributed by atoms with Crippen LogP contribution in [0.1, 0.15) is 58.8 Å². The van der Waals surface area contributed by atoms with E-state index in [0.717, 1.165) is 50.2 Å². The van der Waals surface area contributed by atoms with Crippen LogP contribution in [-0.4, -0.2) is 57.7 Å². The zero-order valence-electron chi connectivity index (χ0n) is 17.0. The van der Waals surface area contributed by atoms with Gasteiger partial charge < -0.3 is 15.4 Å². The molecule has 0 aromatic rings. The van der Waals surface area contributed by atoms with Crippen molar-refractivity contribution < 1.29 is 13.2 Å². The van der Waals surface area contributed by atoms with Gasteiger partial charge in [-0.25, -0.2) is 8.42 Å². The Balaban J connectivity index is 1.57. The van der Waals surface area contributed by atoms with E-state index < -0.39 is 9.84 Å². The molecule has 2 N–H and O–H groups in total. The second-order valence-electron chi connectivity index (χ2n) is 9.09. The minimum Gasteiger partial charge on any atom is -0.376 e. The summed E-state index contributed by atoms with van der Waals surface area (Å²) in [6.45, 7) is 6.86. The highest BCUT2D eigenvalue weighted by molar-refractivity contribution is 7.91. The second-order valence-corrected chi connectivity index (χ2v) is 11.3. The zero-order chi connectivity index (χ0) is 19.3. The van der Waals surface area contributed by atoms with E-state index >= 15 is 0 Å². The third kappa shape index (κ3) is 6.93. The van der Waals surface area contributed by atoms with Crippen LogP contribution in [0, 0.1) is 17.8 Å². The predicted octanol–water partition coefficient (Wildman–Crippen LogP) is 2.35. The van der Waals surface area contributed by atoms with Gasteiger partial charge in [-0.3, -0.25) is 4.99 Å². The Morgan fingerprint density at radius 1 is 1.11 bits per heavy atom. The maximum Gasteiger partial charge on any atom is 0.191 e. The van der Waals surface area contributed by atoms with Crippen LogP contribution in [-0.2, 0) is 14.6 Å². The van der Waals surface area contributed by atoms with Crippen LogP contribution in [0.15, 0.2) is 4.99 Å². The predicted molar refractivity (Wildman–Crippen MR) is 110 cm³/mol. The van der Waals surface area contributed by atoms with Gasteiger partial charge in [0, 0.05) is 25.7 Å². The van der Waals surface area contributed by atoms with Crippen LogP contribution in [0.4, 0.5) is 0 Å². The first-order valence-corrected chi connectivity index (χ1v) is 12.6. The fourth-order valence-corrected chi connectivity index (χ4v) is 6.68. The van der Waals surface area contributed by atoms with E-state index in [1.165, 1.54) is 25.7 Å². The number of nitrogens with one attached hydrogen (secondary N) is 2. The average Bonchev–Trinajstić information content (AvgIpc) is 2.96. The van der Waals surface area contributed by atoms with E-state index in [4.69, 9.17) is 9.73 Å². The van der Waals surface area contributed by atoms with Crippen LogP contribution >= 0.6 is 0 Å². The van der Waals surface area contributed by atoms with Gasteiger partial charge in [-0.05, 0) is 62.7 Å². The van der Waals surface area contributed by atoms with Crippen molar-refractivity contribution in [3.05, 3.63) is 0 Å². The van der Waals surface area contributed by atoms with Crippen LogP contribution in [0.3, 0.4) is 0 Å². The zero-order valence-corrected chi connectivity index (χ0v) is 17.8. The Bertz CT molecular complexity index is 592. The highest BCUT2D eigenvalue weighted by atomic mass is 32.2. The Labute approximate surface area is 164 Å². The summed E-state index contributed by atoms with van der Waals surface area (Å²) in [5, 5.41) is 7.11. The summed E-state index contributed by atoms with van der Waals surface area (Å²) in [7, 11) is -2.84. The van der Waals surface area contributed by atoms with Crippen molar-refractivity contribution in [3.8, 4) is 0 Å². The lowest BCUT2D eigenvalue weighted by atomic mass is 9.80. The number of rotatable bonds is 5. The SMILES string of the molecule is CC1CC(C)CC(NC(=NCC2CCS(=O)(=O)C2)NCC2CCCCO2)C1.